The van der Waals surface area contributed by atoms with Crippen molar-refractivity contribution in [2.24, 2.45) is 0 Å². The van der Waals surface area contributed by atoms with Gasteiger partial charge in [0.1, 0.15) is 5.75 Å². The summed E-state index contributed by atoms with van der Waals surface area (Å²) in [4.78, 5) is 0. The van der Waals surface area contributed by atoms with Crippen LogP contribution in [-0.2, 0) is 16.1 Å². The van der Waals surface area contributed by atoms with E-state index in [4.69, 9.17) is 9.47 Å². The maximum atomic E-state index is 9.90. The maximum Gasteiger partial charge on any atom is 0.121 e. The van der Waals surface area contributed by atoms with Crippen LogP contribution in [0.15, 0.2) is 18.2 Å². The summed E-state index contributed by atoms with van der Waals surface area (Å²) in [6.45, 7) is 12.8. The molecule has 0 aliphatic rings. The van der Waals surface area contributed by atoms with Crippen molar-refractivity contribution in [1.82, 2.24) is 5.32 Å². The van der Waals surface area contributed by atoms with Crippen LogP contribution in [0.4, 0.5) is 0 Å². The van der Waals surface area contributed by atoms with Gasteiger partial charge in [-0.25, -0.2) is 0 Å². The zero-order valence-corrected chi connectivity index (χ0v) is 13.9. The molecule has 1 rings (SSSR count). The molecule has 0 saturated carbocycles. The summed E-state index contributed by atoms with van der Waals surface area (Å²) < 4.78 is 11.2. The maximum absolute atomic E-state index is 9.90. The van der Waals surface area contributed by atoms with E-state index in [1.807, 2.05) is 26.0 Å². The Morgan fingerprint density at radius 3 is 2.48 bits per heavy atom. The number of nitrogens with one attached hydrogen (secondary N) is 1. The Kier molecular flexibility index (Phi) is 7.15. The van der Waals surface area contributed by atoms with Crippen molar-refractivity contribution < 1.29 is 14.6 Å². The molecule has 0 aliphatic heterocycles. The molecule has 21 heavy (non-hydrogen) atoms. The van der Waals surface area contributed by atoms with Gasteiger partial charge in [-0.2, -0.15) is 0 Å². The number of aromatic hydroxyl groups is 1. The van der Waals surface area contributed by atoms with Gasteiger partial charge in [-0.3, -0.25) is 0 Å². The average molecular weight is 295 g/mol. The molecule has 1 aromatic rings. The van der Waals surface area contributed by atoms with E-state index in [1.54, 1.807) is 6.07 Å². The molecular weight excluding hydrogens is 266 g/mol. The number of ether oxygens (including phenoxy) is 2. The highest BCUT2D eigenvalue weighted by molar-refractivity contribution is 5.36. The van der Waals surface area contributed by atoms with E-state index in [2.05, 4.69) is 26.1 Å². The molecular formula is C17H29NO3. The Hall–Kier alpha value is -1.10. The second kappa shape index (κ2) is 8.37. The number of rotatable bonds is 8. The van der Waals surface area contributed by atoms with Crippen molar-refractivity contribution in [2.45, 2.75) is 52.9 Å². The zero-order chi connectivity index (χ0) is 15.9. The van der Waals surface area contributed by atoms with Crippen LogP contribution in [0, 0.1) is 0 Å². The van der Waals surface area contributed by atoms with E-state index < -0.39 is 0 Å². The summed E-state index contributed by atoms with van der Waals surface area (Å²) >= 11 is 0. The molecule has 0 fully saturated rings. The third-order valence-corrected chi connectivity index (χ3v) is 3.12. The normalized spacial score (nSPS) is 13.4. The quantitative estimate of drug-likeness (QED) is 0.772. The molecule has 1 aromatic carbocycles. The first-order valence-electron chi connectivity index (χ1n) is 7.63. The van der Waals surface area contributed by atoms with Gasteiger partial charge < -0.3 is 19.9 Å². The van der Waals surface area contributed by atoms with Crippen LogP contribution in [0.3, 0.4) is 0 Å². The number of benzene rings is 1. The number of phenolic OH excluding ortho intramolecular Hbond substituents is 1. The van der Waals surface area contributed by atoms with E-state index in [1.165, 1.54) is 0 Å². The molecule has 2 N–H and O–H groups in total. The summed E-state index contributed by atoms with van der Waals surface area (Å²) in [7, 11) is 0. The predicted octanol–water partition coefficient (Wildman–Crippen LogP) is 3.39. The van der Waals surface area contributed by atoms with E-state index in [0.29, 0.717) is 19.8 Å². The predicted molar refractivity (Wildman–Crippen MR) is 85.6 cm³/mol. The van der Waals surface area contributed by atoms with Crippen LogP contribution < -0.4 is 5.32 Å². The van der Waals surface area contributed by atoms with E-state index in [9.17, 15) is 5.11 Å². The SMILES string of the molecule is CCOCc1cc(C(CNC(C)(C)C)OCC)ccc1O. The van der Waals surface area contributed by atoms with Gasteiger partial charge in [-0.05, 0) is 52.3 Å². The van der Waals surface area contributed by atoms with Crippen LogP contribution in [0.25, 0.3) is 0 Å². The van der Waals surface area contributed by atoms with Gasteiger partial charge in [0.05, 0.1) is 12.7 Å². The highest BCUT2D eigenvalue weighted by Gasteiger charge is 2.17. The highest BCUT2D eigenvalue weighted by Crippen LogP contribution is 2.25. The molecule has 0 saturated heterocycles. The third kappa shape index (κ3) is 6.46. The van der Waals surface area contributed by atoms with Crippen molar-refractivity contribution in [3.63, 3.8) is 0 Å². The minimum absolute atomic E-state index is 0.0322. The van der Waals surface area contributed by atoms with Crippen LogP contribution in [0.2, 0.25) is 0 Å². The summed E-state index contributed by atoms with van der Waals surface area (Å²) in [5.74, 6) is 0.270. The Bertz CT molecular complexity index is 427. The molecule has 4 heteroatoms. The first-order chi connectivity index (χ1) is 9.87. The van der Waals surface area contributed by atoms with Crippen molar-refractivity contribution in [3.8, 4) is 5.75 Å². The number of hydrogen-bond acceptors (Lipinski definition) is 4. The molecule has 120 valence electrons. The van der Waals surface area contributed by atoms with Crippen LogP contribution in [-0.4, -0.2) is 30.4 Å². The number of hydrogen-bond donors (Lipinski definition) is 2. The lowest BCUT2D eigenvalue weighted by Gasteiger charge is -2.26. The van der Waals surface area contributed by atoms with Gasteiger partial charge in [0.2, 0.25) is 0 Å². The van der Waals surface area contributed by atoms with Crippen molar-refractivity contribution >= 4 is 0 Å². The Morgan fingerprint density at radius 1 is 1.19 bits per heavy atom. The summed E-state index contributed by atoms with van der Waals surface area (Å²) in [5, 5.41) is 13.4. The Labute approximate surface area is 128 Å². The molecule has 4 nitrogen and oxygen atoms in total. The van der Waals surface area contributed by atoms with Gasteiger partial charge >= 0.3 is 0 Å². The first-order valence-corrected chi connectivity index (χ1v) is 7.63. The lowest BCUT2D eigenvalue weighted by molar-refractivity contribution is 0.0574. The second-order valence-corrected chi connectivity index (χ2v) is 6.10. The summed E-state index contributed by atoms with van der Waals surface area (Å²) in [6.07, 6.45) is -0.0322. The summed E-state index contributed by atoms with van der Waals surface area (Å²) in [5.41, 5.74) is 1.90. The number of phenols is 1. The highest BCUT2D eigenvalue weighted by atomic mass is 16.5. The smallest absolute Gasteiger partial charge is 0.121 e. The van der Waals surface area contributed by atoms with Crippen LogP contribution >= 0.6 is 0 Å². The fourth-order valence-corrected chi connectivity index (χ4v) is 2.01. The molecule has 0 radical (unpaired) electrons. The fraction of sp³-hybridized carbons (Fsp3) is 0.647. The minimum Gasteiger partial charge on any atom is -0.508 e. The Balaban J connectivity index is 2.86. The molecule has 0 spiro atoms. The molecule has 0 heterocycles. The van der Waals surface area contributed by atoms with E-state index in [-0.39, 0.29) is 17.4 Å². The van der Waals surface area contributed by atoms with Crippen molar-refractivity contribution in [1.29, 1.82) is 0 Å². The first kappa shape index (κ1) is 18.0. The zero-order valence-electron chi connectivity index (χ0n) is 13.9. The summed E-state index contributed by atoms with van der Waals surface area (Å²) in [6, 6.07) is 5.60. The largest absolute Gasteiger partial charge is 0.508 e. The molecule has 0 amide bonds. The standard InChI is InChI=1S/C17H29NO3/c1-6-20-12-14-10-13(8-9-15(14)19)16(21-7-2)11-18-17(3,4)5/h8-10,16,18-19H,6-7,11-12H2,1-5H3. The molecule has 1 unspecified atom stereocenters. The fourth-order valence-electron chi connectivity index (χ4n) is 2.01. The van der Waals surface area contributed by atoms with Crippen LogP contribution in [0.1, 0.15) is 51.8 Å². The molecule has 0 bridgehead atoms. The molecule has 1 atom stereocenters. The van der Waals surface area contributed by atoms with Crippen molar-refractivity contribution in [2.75, 3.05) is 19.8 Å². The van der Waals surface area contributed by atoms with Gasteiger partial charge in [0.25, 0.3) is 0 Å². The molecule has 0 aliphatic carbocycles. The monoisotopic (exact) mass is 295 g/mol. The Morgan fingerprint density at radius 2 is 1.90 bits per heavy atom. The minimum atomic E-state index is -0.0322. The topological polar surface area (TPSA) is 50.7 Å². The second-order valence-electron chi connectivity index (χ2n) is 6.10. The van der Waals surface area contributed by atoms with E-state index in [0.717, 1.165) is 17.7 Å². The van der Waals surface area contributed by atoms with Crippen molar-refractivity contribution in [3.05, 3.63) is 29.3 Å². The lowest BCUT2D eigenvalue weighted by atomic mass is 10.0. The van der Waals surface area contributed by atoms with Gasteiger partial charge in [-0.1, -0.05) is 6.07 Å². The molecule has 0 aromatic heterocycles. The third-order valence-electron chi connectivity index (χ3n) is 3.12. The average Bonchev–Trinajstić information content (AvgIpc) is 2.42. The van der Waals surface area contributed by atoms with E-state index >= 15 is 0 Å². The van der Waals surface area contributed by atoms with Gasteiger partial charge in [0.15, 0.2) is 0 Å². The van der Waals surface area contributed by atoms with Gasteiger partial charge in [-0.15, -0.1) is 0 Å². The van der Waals surface area contributed by atoms with Crippen LogP contribution in [0.5, 0.6) is 5.75 Å². The van der Waals surface area contributed by atoms with Gasteiger partial charge in [0, 0.05) is 30.9 Å². The lowest BCUT2D eigenvalue weighted by Crippen LogP contribution is -2.39.